The molecular formula is C15H16N2O2S. The first-order valence-corrected chi connectivity index (χ1v) is 7.58. The number of aryl methyl sites for hydroxylation is 2. The Balaban J connectivity index is 1.56. The van der Waals surface area contributed by atoms with Crippen LogP contribution in [0.5, 0.6) is 0 Å². The lowest BCUT2D eigenvalue weighted by Crippen LogP contribution is -2.11. The Kier molecular flexibility index (Phi) is 3.80. The standard InChI is InChI=1S/C15H16N2O2S/c18-17(19)13-5-1-3-11(7-13)9-16-10-14-8-12-4-2-6-15(12)20-14/h1,3,5,7-8,16H,2,4,6,9-10H2. The van der Waals surface area contributed by atoms with Gasteiger partial charge in [-0.3, -0.25) is 10.1 Å². The number of nitrogens with one attached hydrogen (secondary N) is 1. The number of hydrogen-bond acceptors (Lipinski definition) is 4. The zero-order chi connectivity index (χ0) is 13.9. The number of rotatable bonds is 5. The molecule has 0 fully saturated rings. The molecule has 0 amide bonds. The van der Waals surface area contributed by atoms with Gasteiger partial charge in [-0.15, -0.1) is 11.3 Å². The first-order valence-electron chi connectivity index (χ1n) is 6.77. The minimum Gasteiger partial charge on any atom is -0.308 e. The molecule has 0 atom stereocenters. The van der Waals surface area contributed by atoms with E-state index < -0.39 is 0 Å². The molecule has 2 aromatic rings. The zero-order valence-electron chi connectivity index (χ0n) is 11.1. The summed E-state index contributed by atoms with van der Waals surface area (Å²) in [5.41, 5.74) is 2.62. The fraction of sp³-hybridized carbons (Fsp3) is 0.333. The summed E-state index contributed by atoms with van der Waals surface area (Å²) >= 11 is 1.89. The van der Waals surface area contributed by atoms with Crippen LogP contribution < -0.4 is 5.32 Å². The minimum absolute atomic E-state index is 0.152. The second kappa shape index (κ2) is 5.73. The number of nitro groups is 1. The van der Waals surface area contributed by atoms with Gasteiger partial charge >= 0.3 is 0 Å². The SMILES string of the molecule is O=[N+]([O-])c1cccc(CNCc2cc3c(s2)CCC3)c1. The summed E-state index contributed by atoms with van der Waals surface area (Å²) in [5, 5.41) is 14.1. The second-order valence-corrected chi connectivity index (χ2v) is 6.27. The smallest absolute Gasteiger partial charge is 0.269 e. The molecule has 1 aliphatic rings. The van der Waals surface area contributed by atoms with Crippen LogP contribution in [-0.4, -0.2) is 4.92 Å². The Hall–Kier alpha value is -1.72. The number of hydrogen-bond donors (Lipinski definition) is 1. The van der Waals surface area contributed by atoms with E-state index in [1.54, 1.807) is 12.1 Å². The Bertz CT molecular complexity index is 615. The van der Waals surface area contributed by atoms with Crippen LogP contribution >= 0.6 is 11.3 Å². The lowest BCUT2D eigenvalue weighted by Gasteiger charge is -2.03. The Morgan fingerprint density at radius 1 is 1.25 bits per heavy atom. The van der Waals surface area contributed by atoms with Gasteiger partial charge in [0.05, 0.1) is 4.92 Å². The van der Waals surface area contributed by atoms with E-state index in [0.29, 0.717) is 6.54 Å². The molecular weight excluding hydrogens is 272 g/mol. The van der Waals surface area contributed by atoms with Crippen LogP contribution in [0, 0.1) is 10.1 Å². The van der Waals surface area contributed by atoms with Crippen molar-refractivity contribution in [1.82, 2.24) is 5.32 Å². The highest BCUT2D eigenvalue weighted by molar-refractivity contribution is 7.12. The maximum atomic E-state index is 10.7. The average molecular weight is 288 g/mol. The molecule has 104 valence electrons. The number of fused-ring (bicyclic) bond motifs is 1. The number of thiophene rings is 1. The van der Waals surface area contributed by atoms with Gasteiger partial charge in [-0.25, -0.2) is 0 Å². The van der Waals surface area contributed by atoms with Gasteiger partial charge in [0, 0.05) is 35.0 Å². The van der Waals surface area contributed by atoms with Crippen LogP contribution in [0.25, 0.3) is 0 Å². The molecule has 0 spiro atoms. The van der Waals surface area contributed by atoms with Crippen LogP contribution in [0.4, 0.5) is 5.69 Å². The number of nitrogens with zero attached hydrogens (tertiary/aromatic N) is 1. The van der Waals surface area contributed by atoms with Crippen molar-refractivity contribution in [1.29, 1.82) is 0 Å². The summed E-state index contributed by atoms with van der Waals surface area (Å²) < 4.78 is 0. The molecule has 1 aromatic carbocycles. The van der Waals surface area contributed by atoms with Crippen LogP contribution in [0.1, 0.15) is 27.3 Å². The Morgan fingerprint density at radius 3 is 2.95 bits per heavy atom. The highest BCUT2D eigenvalue weighted by Crippen LogP contribution is 2.30. The van der Waals surface area contributed by atoms with E-state index in [1.807, 2.05) is 17.4 Å². The van der Waals surface area contributed by atoms with Crippen LogP contribution in [0.15, 0.2) is 30.3 Å². The molecule has 0 saturated carbocycles. The van der Waals surface area contributed by atoms with Gasteiger partial charge in [0.1, 0.15) is 0 Å². The van der Waals surface area contributed by atoms with Gasteiger partial charge in [-0.2, -0.15) is 0 Å². The number of benzene rings is 1. The molecule has 0 bridgehead atoms. The van der Waals surface area contributed by atoms with Crippen molar-refractivity contribution in [3.05, 3.63) is 61.3 Å². The van der Waals surface area contributed by atoms with Crippen molar-refractivity contribution in [3.63, 3.8) is 0 Å². The predicted octanol–water partition coefficient (Wildman–Crippen LogP) is 3.43. The lowest BCUT2D eigenvalue weighted by molar-refractivity contribution is -0.384. The third-order valence-corrected chi connectivity index (χ3v) is 4.78. The maximum Gasteiger partial charge on any atom is 0.269 e. The minimum atomic E-state index is -0.354. The van der Waals surface area contributed by atoms with Gasteiger partial charge in [0.2, 0.25) is 0 Å². The molecule has 0 radical (unpaired) electrons. The summed E-state index contributed by atoms with van der Waals surface area (Å²) in [6.45, 7) is 1.49. The van der Waals surface area contributed by atoms with E-state index in [0.717, 1.165) is 12.1 Å². The molecule has 1 aliphatic carbocycles. The van der Waals surface area contributed by atoms with Gasteiger partial charge < -0.3 is 5.32 Å². The fourth-order valence-electron chi connectivity index (χ4n) is 2.59. The highest BCUT2D eigenvalue weighted by Gasteiger charge is 2.14. The molecule has 0 unspecified atom stereocenters. The molecule has 1 N–H and O–H groups in total. The van der Waals surface area contributed by atoms with Crippen molar-refractivity contribution in [2.75, 3.05) is 0 Å². The van der Waals surface area contributed by atoms with Gasteiger partial charge in [-0.1, -0.05) is 12.1 Å². The molecule has 4 nitrogen and oxygen atoms in total. The van der Waals surface area contributed by atoms with E-state index in [1.165, 1.54) is 40.6 Å². The van der Waals surface area contributed by atoms with Gasteiger partial charge in [0.25, 0.3) is 5.69 Å². The third-order valence-electron chi connectivity index (χ3n) is 3.55. The molecule has 20 heavy (non-hydrogen) atoms. The summed E-state index contributed by atoms with van der Waals surface area (Å²) in [6.07, 6.45) is 3.74. The van der Waals surface area contributed by atoms with Crippen molar-refractivity contribution >= 4 is 17.0 Å². The fourth-order valence-corrected chi connectivity index (χ4v) is 3.82. The lowest BCUT2D eigenvalue weighted by atomic mass is 10.2. The normalized spacial score (nSPS) is 13.4. The summed E-state index contributed by atoms with van der Waals surface area (Å²) in [4.78, 5) is 13.3. The van der Waals surface area contributed by atoms with E-state index >= 15 is 0 Å². The maximum absolute atomic E-state index is 10.7. The Morgan fingerprint density at radius 2 is 2.15 bits per heavy atom. The van der Waals surface area contributed by atoms with E-state index in [4.69, 9.17) is 0 Å². The van der Waals surface area contributed by atoms with Crippen molar-refractivity contribution in [3.8, 4) is 0 Å². The molecule has 3 rings (SSSR count). The zero-order valence-corrected chi connectivity index (χ0v) is 11.9. The first-order chi connectivity index (χ1) is 9.72. The largest absolute Gasteiger partial charge is 0.308 e. The third kappa shape index (κ3) is 2.89. The van der Waals surface area contributed by atoms with Crippen LogP contribution in [0.2, 0.25) is 0 Å². The summed E-state index contributed by atoms with van der Waals surface area (Å²) in [7, 11) is 0. The molecule has 0 saturated heterocycles. The van der Waals surface area contributed by atoms with Gasteiger partial charge in [0.15, 0.2) is 0 Å². The molecule has 1 aromatic heterocycles. The quantitative estimate of drug-likeness (QED) is 0.677. The summed E-state index contributed by atoms with van der Waals surface area (Å²) in [5.74, 6) is 0. The van der Waals surface area contributed by atoms with E-state index in [2.05, 4.69) is 11.4 Å². The van der Waals surface area contributed by atoms with Crippen molar-refractivity contribution in [2.45, 2.75) is 32.4 Å². The molecule has 1 heterocycles. The number of nitro benzene ring substituents is 1. The number of non-ortho nitro benzene ring substituents is 1. The summed E-state index contributed by atoms with van der Waals surface area (Å²) in [6, 6.07) is 9.09. The van der Waals surface area contributed by atoms with Crippen molar-refractivity contribution in [2.24, 2.45) is 0 Å². The average Bonchev–Trinajstić information content (AvgIpc) is 3.00. The Labute approximate surface area is 121 Å². The van der Waals surface area contributed by atoms with E-state index in [9.17, 15) is 10.1 Å². The predicted molar refractivity (Wildman–Crippen MR) is 80.0 cm³/mol. The highest BCUT2D eigenvalue weighted by atomic mass is 32.1. The first kappa shape index (κ1) is 13.3. The second-order valence-electron chi connectivity index (χ2n) is 5.05. The van der Waals surface area contributed by atoms with E-state index in [-0.39, 0.29) is 10.6 Å². The van der Waals surface area contributed by atoms with Crippen molar-refractivity contribution < 1.29 is 4.92 Å². The molecule has 5 heteroatoms. The monoisotopic (exact) mass is 288 g/mol. The molecule has 0 aliphatic heterocycles. The van der Waals surface area contributed by atoms with Gasteiger partial charge in [-0.05, 0) is 36.5 Å². The topological polar surface area (TPSA) is 55.2 Å². The van der Waals surface area contributed by atoms with Crippen LogP contribution in [0.3, 0.4) is 0 Å². The van der Waals surface area contributed by atoms with Crippen LogP contribution in [-0.2, 0) is 25.9 Å².